The van der Waals surface area contributed by atoms with Crippen molar-refractivity contribution in [3.05, 3.63) is 12.7 Å². The molecule has 1 saturated heterocycles. The lowest BCUT2D eigenvalue weighted by atomic mass is 10.1. The van der Waals surface area contributed by atoms with Crippen molar-refractivity contribution in [2.24, 2.45) is 0 Å². The Morgan fingerprint density at radius 1 is 1.67 bits per heavy atom. The second-order valence-corrected chi connectivity index (χ2v) is 3.44. The Hall–Kier alpha value is -1.52. The van der Waals surface area contributed by atoms with Gasteiger partial charge in [0.25, 0.3) is 0 Å². The van der Waals surface area contributed by atoms with Crippen molar-refractivity contribution in [2.45, 2.75) is 18.9 Å². The van der Waals surface area contributed by atoms with Gasteiger partial charge in [0.05, 0.1) is 0 Å². The normalized spacial score (nSPS) is 20.5. The maximum atomic E-state index is 11.4. The first-order valence-corrected chi connectivity index (χ1v) is 5.00. The summed E-state index contributed by atoms with van der Waals surface area (Å²) in [5.41, 5.74) is 0. The minimum absolute atomic E-state index is 0.0486. The molecule has 1 aliphatic heterocycles. The van der Waals surface area contributed by atoms with Crippen LogP contribution in [0, 0.1) is 0 Å². The zero-order chi connectivity index (χ0) is 11.1. The highest BCUT2D eigenvalue weighted by atomic mass is 16.6. The Kier molecular flexibility index (Phi) is 4.66. The molecule has 1 heterocycles. The molecule has 0 saturated carbocycles. The van der Waals surface area contributed by atoms with Crippen LogP contribution in [0.15, 0.2) is 12.7 Å². The number of ether oxygens (including phenoxy) is 1. The van der Waals surface area contributed by atoms with Crippen molar-refractivity contribution >= 4 is 12.5 Å². The molecule has 0 spiro atoms. The molecule has 1 rings (SSSR count). The van der Waals surface area contributed by atoms with E-state index in [9.17, 15) is 9.59 Å². The van der Waals surface area contributed by atoms with E-state index in [0.717, 1.165) is 12.8 Å². The molecular weight excluding hydrogens is 196 g/mol. The van der Waals surface area contributed by atoms with Crippen LogP contribution in [0.3, 0.4) is 0 Å². The van der Waals surface area contributed by atoms with E-state index >= 15 is 0 Å². The summed E-state index contributed by atoms with van der Waals surface area (Å²) in [5, 5.41) is 2.68. The van der Waals surface area contributed by atoms with Gasteiger partial charge in [0, 0.05) is 19.1 Å². The molecule has 1 atom stereocenters. The molecule has 0 aromatic heterocycles. The van der Waals surface area contributed by atoms with E-state index in [1.54, 1.807) is 4.90 Å². The van der Waals surface area contributed by atoms with Crippen molar-refractivity contribution in [1.82, 2.24) is 10.2 Å². The van der Waals surface area contributed by atoms with Crippen LogP contribution in [0.1, 0.15) is 12.8 Å². The summed E-state index contributed by atoms with van der Waals surface area (Å²) >= 11 is 0. The van der Waals surface area contributed by atoms with Crippen LogP contribution in [-0.4, -0.2) is 43.1 Å². The summed E-state index contributed by atoms with van der Waals surface area (Å²) in [6, 6.07) is 0.0486. The summed E-state index contributed by atoms with van der Waals surface area (Å²) in [5.74, 6) is 0. The summed E-state index contributed by atoms with van der Waals surface area (Å²) in [6.45, 7) is 4.90. The minimum atomic E-state index is -0.340. The third-order valence-corrected chi connectivity index (χ3v) is 2.31. The van der Waals surface area contributed by atoms with Gasteiger partial charge in [-0.3, -0.25) is 4.79 Å². The van der Waals surface area contributed by atoms with Gasteiger partial charge in [0.2, 0.25) is 6.41 Å². The van der Waals surface area contributed by atoms with Crippen LogP contribution in [-0.2, 0) is 9.53 Å². The molecule has 0 radical (unpaired) electrons. The van der Waals surface area contributed by atoms with Crippen LogP contribution in [0.4, 0.5) is 4.79 Å². The van der Waals surface area contributed by atoms with Gasteiger partial charge >= 0.3 is 6.09 Å². The number of carbonyl (C=O) groups is 2. The Bertz CT molecular complexity index is 243. The topological polar surface area (TPSA) is 58.6 Å². The largest absolute Gasteiger partial charge is 0.445 e. The Morgan fingerprint density at radius 2 is 2.47 bits per heavy atom. The van der Waals surface area contributed by atoms with Gasteiger partial charge in [-0.2, -0.15) is 0 Å². The van der Waals surface area contributed by atoms with Crippen molar-refractivity contribution in [1.29, 1.82) is 0 Å². The molecule has 1 fully saturated rings. The molecule has 2 amide bonds. The fraction of sp³-hybridized carbons (Fsp3) is 0.600. The lowest BCUT2D eigenvalue weighted by Crippen LogP contribution is -2.47. The van der Waals surface area contributed by atoms with Gasteiger partial charge in [-0.05, 0) is 12.8 Å². The molecular formula is C10H16N2O3. The number of carbonyl (C=O) groups excluding carboxylic acids is 2. The Balaban J connectivity index is 2.37. The second kappa shape index (κ2) is 6.06. The molecule has 0 bridgehead atoms. The molecule has 5 heteroatoms. The van der Waals surface area contributed by atoms with E-state index < -0.39 is 0 Å². The summed E-state index contributed by atoms with van der Waals surface area (Å²) in [7, 11) is 0. The van der Waals surface area contributed by atoms with E-state index in [1.165, 1.54) is 6.08 Å². The van der Waals surface area contributed by atoms with Gasteiger partial charge in [-0.15, -0.1) is 0 Å². The van der Waals surface area contributed by atoms with Crippen molar-refractivity contribution in [3.63, 3.8) is 0 Å². The highest BCUT2D eigenvalue weighted by Gasteiger charge is 2.23. The van der Waals surface area contributed by atoms with Crippen LogP contribution in [0.2, 0.25) is 0 Å². The predicted octanol–water partition coefficient (Wildman–Crippen LogP) is 0.519. The number of hydrogen-bond donors (Lipinski definition) is 1. The standard InChI is InChI=1S/C10H16N2O3/c1-2-6-15-10(14)12-5-3-4-9(7-12)11-8-13/h2,8-9H,1,3-7H2,(H,11,13). The quantitative estimate of drug-likeness (QED) is 0.546. The molecule has 1 unspecified atom stereocenters. The molecule has 15 heavy (non-hydrogen) atoms. The first-order chi connectivity index (χ1) is 7.27. The van der Waals surface area contributed by atoms with Crippen LogP contribution >= 0.6 is 0 Å². The SMILES string of the molecule is C=CCOC(=O)N1CCCC(NC=O)C1. The predicted molar refractivity (Wildman–Crippen MR) is 55.3 cm³/mol. The van der Waals surface area contributed by atoms with Gasteiger partial charge in [0.1, 0.15) is 6.61 Å². The lowest BCUT2D eigenvalue weighted by Gasteiger charge is -2.31. The van der Waals surface area contributed by atoms with E-state index in [1.807, 2.05) is 0 Å². The first kappa shape index (κ1) is 11.6. The highest BCUT2D eigenvalue weighted by Crippen LogP contribution is 2.10. The molecule has 84 valence electrons. The van der Waals surface area contributed by atoms with E-state index in [4.69, 9.17) is 4.74 Å². The Morgan fingerprint density at radius 3 is 3.13 bits per heavy atom. The molecule has 0 aromatic rings. The zero-order valence-corrected chi connectivity index (χ0v) is 8.65. The molecule has 1 aliphatic rings. The third-order valence-electron chi connectivity index (χ3n) is 2.31. The maximum absolute atomic E-state index is 11.4. The number of piperidine rings is 1. The average Bonchev–Trinajstić information content (AvgIpc) is 2.27. The van der Waals surface area contributed by atoms with Crippen LogP contribution in [0.5, 0.6) is 0 Å². The Labute approximate surface area is 89.1 Å². The van der Waals surface area contributed by atoms with E-state index in [2.05, 4.69) is 11.9 Å². The zero-order valence-electron chi connectivity index (χ0n) is 8.65. The van der Waals surface area contributed by atoms with Crippen molar-refractivity contribution < 1.29 is 14.3 Å². The number of likely N-dealkylation sites (tertiary alicyclic amines) is 1. The lowest BCUT2D eigenvalue weighted by molar-refractivity contribution is -0.110. The number of nitrogens with one attached hydrogen (secondary N) is 1. The molecule has 0 aromatic carbocycles. The van der Waals surface area contributed by atoms with Gasteiger partial charge in [0.15, 0.2) is 0 Å². The molecule has 0 aliphatic carbocycles. The van der Waals surface area contributed by atoms with Gasteiger partial charge in [-0.25, -0.2) is 4.79 Å². The molecule has 5 nitrogen and oxygen atoms in total. The fourth-order valence-electron chi connectivity index (χ4n) is 1.60. The smallest absolute Gasteiger partial charge is 0.410 e. The first-order valence-electron chi connectivity index (χ1n) is 5.00. The second-order valence-electron chi connectivity index (χ2n) is 3.44. The fourth-order valence-corrected chi connectivity index (χ4v) is 1.60. The third kappa shape index (κ3) is 3.61. The number of amides is 2. The summed E-state index contributed by atoms with van der Waals surface area (Å²) < 4.78 is 4.91. The monoisotopic (exact) mass is 212 g/mol. The van der Waals surface area contributed by atoms with Crippen molar-refractivity contribution in [3.8, 4) is 0 Å². The highest BCUT2D eigenvalue weighted by molar-refractivity contribution is 5.68. The van der Waals surface area contributed by atoms with E-state index in [-0.39, 0.29) is 18.7 Å². The number of rotatable bonds is 4. The van der Waals surface area contributed by atoms with Crippen molar-refractivity contribution in [2.75, 3.05) is 19.7 Å². The average molecular weight is 212 g/mol. The van der Waals surface area contributed by atoms with E-state index in [0.29, 0.717) is 19.5 Å². The van der Waals surface area contributed by atoms with Crippen LogP contribution in [0.25, 0.3) is 0 Å². The maximum Gasteiger partial charge on any atom is 0.410 e. The minimum Gasteiger partial charge on any atom is -0.445 e. The number of hydrogen-bond acceptors (Lipinski definition) is 3. The van der Waals surface area contributed by atoms with Gasteiger partial charge in [-0.1, -0.05) is 12.7 Å². The van der Waals surface area contributed by atoms with Crippen LogP contribution < -0.4 is 5.32 Å². The summed E-state index contributed by atoms with van der Waals surface area (Å²) in [6.07, 6.45) is 3.65. The molecule has 1 N–H and O–H groups in total. The summed E-state index contributed by atoms with van der Waals surface area (Å²) in [4.78, 5) is 23.3. The van der Waals surface area contributed by atoms with Gasteiger partial charge < -0.3 is 15.0 Å². The number of nitrogens with zero attached hydrogens (tertiary/aromatic N) is 1.